The van der Waals surface area contributed by atoms with Gasteiger partial charge in [-0.3, -0.25) is 0 Å². The van der Waals surface area contributed by atoms with Gasteiger partial charge in [0, 0.05) is 5.70 Å². The summed E-state index contributed by atoms with van der Waals surface area (Å²) in [6, 6.07) is 0. The lowest BCUT2D eigenvalue weighted by molar-refractivity contribution is 0.513. The maximum absolute atomic E-state index is 5.71. The van der Waals surface area contributed by atoms with Crippen LogP contribution in [0.2, 0.25) is 0 Å². The summed E-state index contributed by atoms with van der Waals surface area (Å²) in [5.41, 5.74) is 7.46. The van der Waals surface area contributed by atoms with Crippen molar-refractivity contribution >= 4 is 0 Å². The highest BCUT2D eigenvalue weighted by Gasteiger charge is 2.41. The molecule has 2 rings (SSSR count). The van der Waals surface area contributed by atoms with Crippen LogP contribution in [0.4, 0.5) is 0 Å². The van der Waals surface area contributed by atoms with E-state index < -0.39 is 0 Å². The van der Waals surface area contributed by atoms with Crippen molar-refractivity contribution in [2.45, 2.75) is 32.1 Å². The smallest absolute Gasteiger partial charge is 0.00456 e. The summed E-state index contributed by atoms with van der Waals surface area (Å²) in [4.78, 5) is 0. The second-order valence-corrected chi connectivity index (χ2v) is 3.44. The lowest BCUT2D eigenvalue weighted by Crippen LogP contribution is -2.09. The zero-order valence-corrected chi connectivity index (χ0v) is 5.69. The van der Waals surface area contributed by atoms with Crippen molar-refractivity contribution in [3.05, 3.63) is 11.8 Å². The summed E-state index contributed by atoms with van der Waals surface area (Å²) in [5.74, 6) is 0. The van der Waals surface area contributed by atoms with E-state index in [4.69, 9.17) is 5.73 Å². The Hall–Kier alpha value is -0.460. The van der Waals surface area contributed by atoms with Crippen molar-refractivity contribution in [1.29, 1.82) is 0 Å². The van der Waals surface area contributed by atoms with Crippen LogP contribution < -0.4 is 5.73 Å². The van der Waals surface area contributed by atoms with E-state index in [1.807, 2.05) is 0 Å². The van der Waals surface area contributed by atoms with Crippen LogP contribution in [0.5, 0.6) is 0 Å². The van der Waals surface area contributed by atoms with Gasteiger partial charge in [0.2, 0.25) is 0 Å². The molecule has 2 N–H and O–H groups in total. The quantitative estimate of drug-likeness (QED) is 0.522. The van der Waals surface area contributed by atoms with Crippen LogP contribution in [0.15, 0.2) is 11.8 Å². The fourth-order valence-electron chi connectivity index (χ4n) is 1.74. The van der Waals surface area contributed by atoms with Gasteiger partial charge in [-0.25, -0.2) is 0 Å². The van der Waals surface area contributed by atoms with E-state index in [0.717, 1.165) is 12.1 Å². The maximum Gasteiger partial charge on any atom is 0.00456 e. The van der Waals surface area contributed by atoms with Crippen molar-refractivity contribution in [2.24, 2.45) is 11.1 Å². The van der Waals surface area contributed by atoms with Crippen LogP contribution in [0, 0.1) is 5.41 Å². The Labute approximate surface area is 55.9 Å². The van der Waals surface area contributed by atoms with Crippen molar-refractivity contribution in [3.63, 3.8) is 0 Å². The van der Waals surface area contributed by atoms with Crippen LogP contribution in [-0.2, 0) is 0 Å². The summed E-state index contributed by atoms with van der Waals surface area (Å²) in [5, 5.41) is 0. The molecule has 50 valence electrons. The molecule has 1 fully saturated rings. The Kier molecular flexibility index (Phi) is 0.904. The molecule has 2 aliphatic carbocycles. The van der Waals surface area contributed by atoms with Crippen molar-refractivity contribution in [2.75, 3.05) is 0 Å². The van der Waals surface area contributed by atoms with Crippen LogP contribution >= 0.6 is 0 Å². The third-order valence-corrected chi connectivity index (χ3v) is 2.52. The first-order valence-electron chi connectivity index (χ1n) is 3.78. The minimum absolute atomic E-state index is 0.613. The first kappa shape index (κ1) is 5.33. The molecule has 1 spiro atoms. The summed E-state index contributed by atoms with van der Waals surface area (Å²) < 4.78 is 0. The highest BCUT2D eigenvalue weighted by Crippen LogP contribution is 2.53. The molecule has 2 aliphatic rings. The molecular weight excluding hydrogens is 110 g/mol. The van der Waals surface area contributed by atoms with E-state index in [2.05, 4.69) is 6.08 Å². The topological polar surface area (TPSA) is 26.0 Å². The molecule has 0 aromatic heterocycles. The molecule has 1 heteroatoms. The monoisotopic (exact) mass is 123 g/mol. The lowest BCUT2D eigenvalue weighted by atomic mass is 9.91. The largest absolute Gasteiger partial charge is 0.402 e. The normalized spacial score (nSPS) is 30.0. The van der Waals surface area contributed by atoms with Gasteiger partial charge in [0.1, 0.15) is 0 Å². The van der Waals surface area contributed by atoms with Gasteiger partial charge in [-0.05, 0) is 37.5 Å². The molecule has 0 amide bonds. The van der Waals surface area contributed by atoms with Crippen LogP contribution in [0.3, 0.4) is 0 Å². The Morgan fingerprint density at radius 3 is 2.56 bits per heavy atom. The zero-order chi connectivity index (χ0) is 6.32. The average Bonchev–Trinajstić information content (AvgIpc) is 2.49. The third-order valence-electron chi connectivity index (χ3n) is 2.52. The molecule has 0 radical (unpaired) electrons. The molecule has 0 aromatic rings. The van der Waals surface area contributed by atoms with Gasteiger partial charge in [0.25, 0.3) is 0 Å². The fourth-order valence-corrected chi connectivity index (χ4v) is 1.74. The number of rotatable bonds is 0. The Morgan fingerprint density at radius 2 is 2.11 bits per heavy atom. The average molecular weight is 123 g/mol. The Bertz CT molecular complexity index is 154. The zero-order valence-electron chi connectivity index (χ0n) is 5.69. The summed E-state index contributed by atoms with van der Waals surface area (Å²) in [7, 11) is 0. The summed E-state index contributed by atoms with van der Waals surface area (Å²) in [6.07, 6.45) is 8.95. The molecular formula is C8H13N. The van der Waals surface area contributed by atoms with E-state index in [1.165, 1.54) is 25.7 Å². The second-order valence-electron chi connectivity index (χ2n) is 3.44. The summed E-state index contributed by atoms with van der Waals surface area (Å²) in [6.45, 7) is 0. The fraction of sp³-hybridized carbons (Fsp3) is 0.750. The second kappa shape index (κ2) is 1.53. The number of hydrogen-bond donors (Lipinski definition) is 1. The minimum atomic E-state index is 0.613. The molecule has 1 nitrogen and oxygen atoms in total. The minimum Gasteiger partial charge on any atom is -0.402 e. The molecule has 0 aliphatic heterocycles. The van der Waals surface area contributed by atoms with E-state index in [1.54, 1.807) is 0 Å². The molecule has 0 aromatic carbocycles. The van der Waals surface area contributed by atoms with Gasteiger partial charge >= 0.3 is 0 Å². The predicted octanol–water partition coefficient (Wildman–Crippen LogP) is 1.79. The van der Waals surface area contributed by atoms with E-state index >= 15 is 0 Å². The summed E-state index contributed by atoms with van der Waals surface area (Å²) >= 11 is 0. The number of hydrogen-bond acceptors (Lipinski definition) is 1. The predicted molar refractivity (Wildman–Crippen MR) is 37.8 cm³/mol. The van der Waals surface area contributed by atoms with Crippen molar-refractivity contribution < 1.29 is 0 Å². The van der Waals surface area contributed by atoms with Gasteiger partial charge in [0.15, 0.2) is 0 Å². The molecule has 0 unspecified atom stereocenters. The highest BCUT2D eigenvalue weighted by molar-refractivity contribution is 5.16. The molecule has 0 heterocycles. The molecule has 0 atom stereocenters. The highest BCUT2D eigenvalue weighted by atomic mass is 14.6. The van der Waals surface area contributed by atoms with Gasteiger partial charge < -0.3 is 5.73 Å². The van der Waals surface area contributed by atoms with Gasteiger partial charge in [-0.2, -0.15) is 0 Å². The lowest BCUT2D eigenvalue weighted by Gasteiger charge is -2.16. The standard InChI is InChI=1S/C8H13N/c9-7-2-1-3-8(6-7)4-5-8/h6H,1-5,9H2. The number of nitrogens with two attached hydrogens (primary N) is 1. The molecule has 9 heavy (non-hydrogen) atoms. The third kappa shape index (κ3) is 0.846. The maximum atomic E-state index is 5.71. The van der Waals surface area contributed by atoms with Crippen LogP contribution in [0.1, 0.15) is 32.1 Å². The van der Waals surface area contributed by atoms with E-state index in [-0.39, 0.29) is 0 Å². The molecule has 0 bridgehead atoms. The van der Waals surface area contributed by atoms with Crippen LogP contribution in [0.25, 0.3) is 0 Å². The van der Waals surface area contributed by atoms with Gasteiger partial charge in [-0.1, -0.05) is 6.08 Å². The first-order chi connectivity index (χ1) is 4.31. The van der Waals surface area contributed by atoms with Crippen LogP contribution in [-0.4, -0.2) is 0 Å². The molecule has 1 saturated carbocycles. The number of allylic oxidation sites excluding steroid dienone is 2. The van der Waals surface area contributed by atoms with Crippen molar-refractivity contribution in [1.82, 2.24) is 0 Å². The Balaban J connectivity index is 2.18. The SMILES string of the molecule is NC1=CC2(CCC1)CC2. The molecule has 0 saturated heterocycles. The van der Waals surface area contributed by atoms with Gasteiger partial charge in [-0.15, -0.1) is 0 Å². The van der Waals surface area contributed by atoms with E-state index in [9.17, 15) is 0 Å². The Morgan fingerprint density at radius 1 is 1.33 bits per heavy atom. The van der Waals surface area contributed by atoms with E-state index in [0.29, 0.717) is 5.41 Å². The first-order valence-corrected chi connectivity index (χ1v) is 3.78. The van der Waals surface area contributed by atoms with Gasteiger partial charge in [0.05, 0.1) is 0 Å². The van der Waals surface area contributed by atoms with Crippen molar-refractivity contribution in [3.8, 4) is 0 Å².